The van der Waals surface area contributed by atoms with Crippen LogP contribution in [-0.4, -0.2) is 22.6 Å². The van der Waals surface area contributed by atoms with E-state index >= 15 is 0 Å². The van der Waals surface area contributed by atoms with Crippen molar-refractivity contribution in [3.8, 4) is 11.5 Å². The van der Waals surface area contributed by atoms with Crippen LogP contribution in [0.5, 0.6) is 11.5 Å². The lowest BCUT2D eigenvalue weighted by Gasteiger charge is -2.35. The summed E-state index contributed by atoms with van der Waals surface area (Å²) in [6.45, 7) is 35.5. The lowest BCUT2D eigenvalue weighted by molar-refractivity contribution is 0.277. The predicted molar refractivity (Wildman–Crippen MR) is 209 cm³/mol. The van der Waals surface area contributed by atoms with Crippen molar-refractivity contribution in [1.82, 2.24) is 0 Å². The molecule has 0 radical (unpaired) electrons. The molecule has 0 saturated heterocycles. The lowest BCUT2D eigenvalue weighted by atomic mass is 9.70. The molecule has 48 heavy (non-hydrogen) atoms. The molecule has 2 N–H and O–H groups in total. The molecular formula is C44H64N2O2. The molecule has 3 aromatic rings. The molecule has 4 heteroatoms. The van der Waals surface area contributed by atoms with E-state index in [0.29, 0.717) is 22.5 Å². The third kappa shape index (κ3) is 10.1. The molecule has 0 atom stereocenters. The molecule has 0 aliphatic carbocycles. The van der Waals surface area contributed by atoms with Gasteiger partial charge in [0.2, 0.25) is 0 Å². The van der Waals surface area contributed by atoms with Gasteiger partial charge in [-0.25, -0.2) is 0 Å². The molecule has 262 valence electrons. The number of hydrogen-bond acceptors (Lipinski definition) is 4. The van der Waals surface area contributed by atoms with E-state index in [9.17, 15) is 10.2 Å². The highest BCUT2D eigenvalue weighted by molar-refractivity contribution is 5.90. The normalized spacial score (nSPS) is 14.0. The van der Waals surface area contributed by atoms with Gasteiger partial charge in [-0.15, -0.1) is 0 Å². The molecule has 0 aliphatic rings. The Balaban J connectivity index is 2.14. The van der Waals surface area contributed by atoms with Crippen molar-refractivity contribution in [2.24, 2.45) is 20.8 Å². The number of benzene rings is 3. The van der Waals surface area contributed by atoms with Gasteiger partial charge in [0.1, 0.15) is 11.5 Å². The highest BCUT2D eigenvalue weighted by atomic mass is 16.3. The van der Waals surface area contributed by atoms with Crippen LogP contribution in [0, 0.1) is 10.8 Å². The van der Waals surface area contributed by atoms with Gasteiger partial charge in [-0.3, -0.25) is 9.98 Å². The molecule has 0 aliphatic heterocycles. The number of aliphatic imine (C=N–C) groups is 2. The van der Waals surface area contributed by atoms with E-state index in [-0.39, 0.29) is 44.0 Å². The van der Waals surface area contributed by atoms with Gasteiger partial charge in [0.05, 0.1) is 11.4 Å². The van der Waals surface area contributed by atoms with Gasteiger partial charge in [-0.1, -0.05) is 135 Å². The number of phenolic OH excluding ortho intramolecular Hbond substituents is 2. The van der Waals surface area contributed by atoms with Crippen LogP contribution in [0.4, 0.5) is 11.4 Å². The van der Waals surface area contributed by atoms with Crippen molar-refractivity contribution in [2.75, 3.05) is 0 Å². The van der Waals surface area contributed by atoms with Crippen molar-refractivity contribution in [3.63, 3.8) is 0 Å². The minimum atomic E-state index is -0.238. The third-order valence-corrected chi connectivity index (χ3v) is 8.98. The van der Waals surface area contributed by atoms with Crippen LogP contribution in [-0.2, 0) is 21.7 Å². The van der Waals surface area contributed by atoms with E-state index in [1.165, 1.54) is 0 Å². The largest absolute Gasteiger partial charge is 0.507 e. The van der Waals surface area contributed by atoms with Crippen LogP contribution in [0.3, 0.4) is 0 Å². The van der Waals surface area contributed by atoms with Crippen LogP contribution in [0.25, 0.3) is 0 Å². The molecule has 0 saturated carbocycles. The fourth-order valence-corrected chi connectivity index (χ4v) is 7.21. The quantitative estimate of drug-likeness (QED) is 0.238. The van der Waals surface area contributed by atoms with Crippen LogP contribution in [0.2, 0.25) is 0 Å². The van der Waals surface area contributed by atoms with E-state index in [4.69, 9.17) is 9.98 Å². The number of nitrogens with zero attached hydrogens (tertiary/aromatic N) is 2. The second-order valence-corrected chi connectivity index (χ2v) is 19.7. The first-order valence-corrected chi connectivity index (χ1v) is 17.5. The molecule has 0 spiro atoms. The molecule has 4 nitrogen and oxygen atoms in total. The average Bonchev–Trinajstić information content (AvgIpc) is 2.88. The molecule has 0 fully saturated rings. The lowest BCUT2D eigenvalue weighted by Crippen LogP contribution is -2.26. The number of rotatable bonds is 8. The maximum Gasteiger partial charge on any atom is 0.128 e. The summed E-state index contributed by atoms with van der Waals surface area (Å²) >= 11 is 0. The summed E-state index contributed by atoms with van der Waals surface area (Å²) in [6.07, 6.45) is 5.38. The second kappa shape index (κ2) is 13.5. The van der Waals surface area contributed by atoms with Crippen molar-refractivity contribution < 1.29 is 10.2 Å². The van der Waals surface area contributed by atoms with E-state index in [1.54, 1.807) is 12.4 Å². The Morgan fingerprint density at radius 3 is 1.08 bits per heavy atom. The van der Waals surface area contributed by atoms with E-state index in [1.807, 2.05) is 24.3 Å². The van der Waals surface area contributed by atoms with E-state index in [0.717, 1.165) is 35.1 Å². The number of hydrogen-bond donors (Lipinski definition) is 2. The zero-order chi connectivity index (χ0) is 36.7. The van der Waals surface area contributed by atoms with Crippen LogP contribution < -0.4 is 0 Å². The minimum Gasteiger partial charge on any atom is -0.507 e. The zero-order valence-corrected chi connectivity index (χ0v) is 33.0. The third-order valence-electron chi connectivity index (χ3n) is 8.98. The first-order valence-electron chi connectivity index (χ1n) is 17.5. The fraction of sp³-hybridized carbons (Fsp3) is 0.545. The molecule has 0 bridgehead atoms. The molecule has 0 aromatic heterocycles. The van der Waals surface area contributed by atoms with Gasteiger partial charge in [0, 0.05) is 34.7 Å². The van der Waals surface area contributed by atoms with Crippen molar-refractivity contribution >= 4 is 23.8 Å². The van der Waals surface area contributed by atoms with E-state index in [2.05, 4.69) is 135 Å². The van der Waals surface area contributed by atoms with Gasteiger partial charge in [-0.2, -0.15) is 0 Å². The van der Waals surface area contributed by atoms with Crippen molar-refractivity contribution in [3.05, 3.63) is 81.9 Å². The SMILES string of the molecule is CC(C)(C)CC(C)(C)c1cc(C(C)(C)C)cc(C=Nc2ccccc2N=Cc2cc(C(C)(C)C)cc(C(C)(C)CC(C)(C)C)c2O)c1O. The molecule has 3 rings (SSSR count). The summed E-state index contributed by atoms with van der Waals surface area (Å²) in [6, 6.07) is 16.2. The summed E-state index contributed by atoms with van der Waals surface area (Å²) in [5, 5.41) is 23.3. The standard InChI is InChI=1S/C44H64N2O2/c1-39(2,3)27-43(13,14)33-23-31(41(7,8)9)21-29(37(33)47)25-45-35-19-17-18-20-36(35)46-26-30-22-32(42(10,11)12)24-34(38(30)48)44(15,16)28-40(4,5)6/h17-26,47-48H,27-28H2,1-16H3. The fourth-order valence-electron chi connectivity index (χ4n) is 7.21. The summed E-state index contributed by atoms with van der Waals surface area (Å²) < 4.78 is 0. The minimum absolute atomic E-state index is 0.100. The Morgan fingerprint density at radius 1 is 0.500 bits per heavy atom. The molecular weight excluding hydrogens is 588 g/mol. The first kappa shape index (κ1) is 39.0. The zero-order valence-electron chi connectivity index (χ0n) is 33.0. The monoisotopic (exact) mass is 652 g/mol. The Bertz CT molecular complexity index is 1540. The Kier molecular flexibility index (Phi) is 11.0. The summed E-state index contributed by atoms with van der Waals surface area (Å²) in [7, 11) is 0. The topological polar surface area (TPSA) is 65.2 Å². The average molecular weight is 653 g/mol. The van der Waals surface area contributed by atoms with Gasteiger partial charge in [0.25, 0.3) is 0 Å². The van der Waals surface area contributed by atoms with Crippen LogP contribution >= 0.6 is 0 Å². The van der Waals surface area contributed by atoms with E-state index < -0.39 is 0 Å². The number of phenols is 2. The van der Waals surface area contributed by atoms with Crippen molar-refractivity contribution in [1.29, 1.82) is 0 Å². The smallest absolute Gasteiger partial charge is 0.128 e. The Morgan fingerprint density at radius 2 is 0.812 bits per heavy atom. The van der Waals surface area contributed by atoms with Gasteiger partial charge >= 0.3 is 0 Å². The van der Waals surface area contributed by atoms with Crippen LogP contribution in [0.15, 0.2) is 58.5 Å². The van der Waals surface area contributed by atoms with Gasteiger partial charge in [0.15, 0.2) is 0 Å². The second-order valence-electron chi connectivity index (χ2n) is 19.7. The molecule has 0 unspecified atom stereocenters. The van der Waals surface area contributed by atoms with Gasteiger partial charge < -0.3 is 10.2 Å². The maximum atomic E-state index is 11.6. The van der Waals surface area contributed by atoms with Crippen LogP contribution in [0.1, 0.15) is 157 Å². The summed E-state index contributed by atoms with van der Waals surface area (Å²) in [5.41, 5.74) is 6.47. The first-order chi connectivity index (χ1) is 21.6. The highest BCUT2D eigenvalue weighted by Gasteiger charge is 2.33. The molecule has 0 amide bonds. The van der Waals surface area contributed by atoms with Gasteiger partial charge in [-0.05, 0) is 80.7 Å². The summed E-state index contributed by atoms with van der Waals surface area (Å²) in [4.78, 5) is 9.77. The number of aromatic hydroxyl groups is 2. The Hall–Kier alpha value is -3.40. The highest BCUT2D eigenvalue weighted by Crippen LogP contribution is 2.45. The summed E-state index contributed by atoms with van der Waals surface area (Å²) in [5.74, 6) is 0.549. The molecule has 3 aromatic carbocycles. The number of para-hydroxylation sites is 2. The molecule has 0 heterocycles. The maximum absolute atomic E-state index is 11.6. The Labute approximate surface area is 292 Å². The predicted octanol–water partition coefficient (Wildman–Crippen LogP) is 12.6. The van der Waals surface area contributed by atoms with Crippen molar-refractivity contribution in [2.45, 2.75) is 145 Å².